The summed E-state index contributed by atoms with van der Waals surface area (Å²) < 4.78 is 2.44. The van der Waals surface area contributed by atoms with Gasteiger partial charge in [-0.1, -0.05) is 114 Å². The van der Waals surface area contributed by atoms with Crippen molar-refractivity contribution in [3.63, 3.8) is 0 Å². The van der Waals surface area contributed by atoms with Gasteiger partial charge in [0.05, 0.1) is 0 Å². The second-order valence-electron chi connectivity index (χ2n) is 7.44. The molecule has 1 aliphatic rings. The molecule has 0 bridgehead atoms. The van der Waals surface area contributed by atoms with Crippen molar-refractivity contribution in [1.29, 1.82) is 0 Å². The number of hydrogen-bond acceptors (Lipinski definition) is 1. The van der Waals surface area contributed by atoms with Crippen molar-refractivity contribution < 1.29 is 4.49 Å². The molecule has 1 aliphatic heterocycles. The monoisotopic (exact) mass is 420 g/mol. The van der Waals surface area contributed by atoms with Gasteiger partial charge in [-0.05, 0) is 0 Å². The summed E-state index contributed by atoms with van der Waals surface area (Å²) in [5, 5.41) is 3.76. The molecule has 3 aromatic rings. The zero-order valence-corrected chi connectivity index (χ0v) is 17.8. The van der Waals surface area contributed by atoms with Gasteiger partial charge in [-0.2, -0.15) is 0 Å². The van der Waals surface area contributed by atoms with Crippen LogP contribution in [0.3, 0.4) is 0 Å². The molecule has 0 atom stereocenters. The fourth-order valence-electron chi connectivity index (χ4n) is 4.32. The van der Waals surface area contributed by atoms with Crippen LogP contribution in [0.5, 0.6) is 0 Å². The first-order valence-electron chi connectivity index (χ1n) is 9.80. The van der Waals surface area contributed by atoms with E-state index in [1.807, 2.05) is 18.2 Å². The van der Waals surface area contributed by atoms with E-state index in [-0.39, 0.29) is 0 Å². The van der Waals surface area contributed by atoms with Crippen LogP contribution in [0.2, 0.25) is 0 Å². The number of alkyl halides is 2. The fraction of sp³-hybridized carbons (Fsp3) is 0.125. The van der Waals surface area contributed by atoms with Gasteiger partial charge < -0.3 is 9.71 Å². The smallest absolute Gasteiger partial charge is 0.423 e. The Labute approximate surface area is 182 Å². The molecule has 0 aromatic heterocycles. The molecule has 3 aromatic carbocycles. The standard InChI is InChI=1S/C24H23BCl2N2/c1-19-17-23(24(26)27)28-25(21-13-7-3-8-14-21,22-15-9-4-10-16-22)29(19)18-20-11-5-2-6-12-20/h2-17,24,28H,18H2,1H3. The van der Waals surface area contributed by atoms with Crippen LogP contribution in [0.1, 0.15) is 12.5 Å². The number of hydrogen-bond donors (Lipinski definition) is 1. The highest BCUT2D eigenvalue weighted by molar-refractivity contribution is 6.95. The van der Waals surface area contributed by atoms with E-state index in [1.165, 1.54) is 16.5 Å². The third-order valence-corrected chi connectivity index (χ3v) is 6.13. The van der Waals surface area contributed by atoms with Crippen LogP contribution in [0.4, 0.5) is 0 Å². The van der Waals surface area contributed by atoms with Crippen LogP contribution in [0.25, 0.3) is 0 Å². The average Bonchev–Trinajstić information content (AvgIpc) is 2.77. The lowest BCUT2D eigenvalue weighted by molar-refractivity contribution is -0.416. The lowest BCUT2D eigenvalue weighted by Crippen LogP contribution is -2.77. The van der Waals surface area contributed by atoms with Crippen molar-refractivity contribution in [2.45, 2.75) is 18.3 Å². The molecule has 4 rings (SSSR count). The summed E-state index contributed by atoms with van der Waals surface area (Å²) in [7, 11) is 0. The van der Waals surface area contributed by atoms with Crippen molar-refractivity contribution in [3.8, 4) is 0 Å². The predicted octanol–water partition coefficient (Wildman–Crippen LogP) is 4.21. The van der Waals surface area contributed by atoms with Gasteiger partial charge in [0.25, 0.3) is 0 Å². The number of rotatable bonds is 5. The molecule has 146 valence electrons. The molecule has 29 heavy (non-hydrogen) atoms. The first-order chi connectivity index (χ1) is 14.1. The molecule has 2 nitrogen and oxygen atoms in total. The quantitative estimate of drug-likeness (QED) is 0.482. The van der Waals surface area contributed by atoms with Gasteiger partial charge in [0.2, 0.25) is 0 Å². The molecular formula is C24H23BCl2N2. The van der Waals surface area contributed by atoms with Crippen molar-refractivity contribution in [3.05, 3.63) is 108 Å². The highest BCUT2D eigenvalue weighted by Gasteiger charge is 2.46. The number of halogens is 2. The largest absolute Gasteiger partial charge is 0.491 e. The van der Waals surface area contributed by atoms with Crippen molar-refractivity contribution >= 4 is 46.3 Å². The molecule has 5 heteroatoms. The normalized spacial score (nSPS) is 15.8. The third-order valence-electron chi connectivity index (χ3n) is 5.66. The minimum absolute atomic E-state index is 0.627. The topological polar surface area (TPSA) is 15.0 Å². The summed E-state index contributed by atoms with van der Waals surface area (Å²) in [5.74, 6) is 0. The summed E-state index contributed by atoms with van der Waals surface area (Å²) in [6.45, 7) is 2.89. The summed E-state index contributed by atoms with van der Waals surface area (Å²) >= 11 is 12.7. The van der Waals surface area contributed by atoms with Crippen LogP contribution in [-0.4, -0.2) is 21.5 Å². The number of nitrogens with one attached hydrogen (secondary N) is 1. The third kappa shape index (κ3) is 3.85. The van der Waals surface area contributed by atoms with E-state index in [2.05, 4.69) is 95.5 Å². The Hall–Kier alpha value is -2.49. The summed E-state index contributed by atoms with van der Waals surface area (Å²) in [6.07, 6.45) is 0.526. The van der Waals surface area contributed by atoms with E-state index in [1.54, 1.807) is 0 Å². The van der Waals surface area contributed by atoms with E-state index in [0.717, 1.165) is 18.0 Å². The maximum atomic E-state index is 6.34. The maximum Gasteiger partial charge on any atom is 0.423 e. The Morgan fingerprint density at radius 3 is 1.76 bits per heavy atom. The zero-order chi connectivity index (χ0) is 20.3. The van der Waals surface area contributed by atoms with E-state index >= 15 is 0 Å². The Kier molecular flexibility index (Phi) is 5.80. The number of benzene rings is 3. The first kappa shape index (κ1) is 19.8. The van der Waals surface area contributed by atoms with E-state index < -0.39 is 11.3 Å². The summed E-state index contributed by atoms with van der Waals surface area (Å²) in [6, 6.07) is 31.6. The minimum atomic E-state index is -1.53. The SMILES string of the molecule is CC1=[N+](Cc2ccccc2)[B-](c2ccccc2)(c2ccccc2)NC(C(Cl)Cl)=C1. The van der Waals surface area contributed by atoms with E-state index in [4.69, 9.17) is 23.2 Å². The highest BCUT2D eigenvalue weighted by Crippen LogP contribution is 2.21. The van der Waals surface area contributed by atoms with Crippen LogP contribution in [0, 0.1) is 0 Å². The van der Waals surface area contributed by atoms with Gasteiger partial charge in [0.15, 0.2) is 0 Å². The summed E-state index contributed by atoms with van der Waals surface area (Å²) in [5.41, 5.74) is 5.57. The molecule has 1 N–H and O–H groups in total. The maximum absolute atomic E-state index is 6.34. The lowest BCUT2D eigenvalue weighted by atomic mass is 9.36. The average molecular weight is 421 g/mol. The van der Waals surface area contributed by atoms with Gasteiger partial charge in [0.1, 0.15) is 17.1 Å². The second kappa shape index (κ2) is 8.48. The van der Waals surface area contributed by atoms with Crippen LogP contribution in [-0.2, 0) is 6.54 Å². The zero-order valence-electron chi connectivity index (χ0n) is 16.3. The molecule has 0 spiro atoms. The second-order valence-corrected chi connectivity index (χ2v) is 8.54. The number of nitrogens with zero attached hydrogens (tertiary/aromatic N) is 1. The van der Waals surface area contributed by atoms with Gasteiger partial charge in [-0.25, -0.2) is 0 Å². The Morgan fingerprint density at radius 2 is 1.28 bits per heavy atom. The Balaban J connectivity index is 1.99. The van der Waals surface area contributed by atoms with Gasteiger partial charge in [-0.15, -0.1) is 10.9 Å². The molecule has 0 saturated heterocycles. The minimum Gasteiger partial charge on any atom is -0.491 e. The predicted molar refractivity (Wildman–Crippen MR) is 126 cm³/mol. The molecule has 0 amide bonds. The van der Waals surface area contributed by atoms with Gasteiger partial charge in [0, 0.05) is 24.3 Å². The molecule has 0 saturated carbocycles. The number of allylic oxidation sites excluding steroid dienone is 2. The molecule has 0 fully saturated rings. The van der Waals surface area contributed by atoms with Crippen LogP contribution >= 0.6 is 23.2 Å². The Morgan fingerprint density at radius 1 is 0.793 bits per heavy atom. The first-order valence-corrected chi connectivity index (χ1v) is 10.7. The van der Waals surface area contributed by atoms with Gasteiger partial charge in [-0.3, -0.25) is 0 Å². The van der Waals surface area contributed by atoms with E-state index in [9.17, 15) is 0 Å². The van der Waals surface area contributed by atoms with E-state index in [0.29, 0.717) is 0 Å². The van der Waals surface area contributed by atoms with Gasteiger partial charge >= 0.3 is 6.42 Å². The highest BCUT2D eigenvalue weighted by atomic mass is 35.5. The Bertz CT molecular complexity index is 993. The molecule has 0 aliphatic carbocycles. The van der Waals surface area contributed by atoms with Crippen molar-refractivity contribution in [2.24, 2.45) is 0 Å². The van der Waals surface area contributed by atoms with Crippen molar-refractivity contribution in [2.75, 3.05) is 0 Å². The fourth-order valence-corrected chi connectivity index (χ4v) is 4.58. The molecular weight excluding hydrogens is 398 g/mol. The molecule has 0 radical (unpaired) electrons. The van der Waals surface area contributed by atoms with Crippen LogP contribution < -0.4 is 16.2 Å². The van der Waals surface area contributed by atoms with Crippen molar-refractivity contribution in [1.82, 2.24) is 5.23 Å². The lowest BCUT2D eigenvalue weighted by Gasteiger charge is -2.44. The molecule has 1 heterocycles. The molecule has 0 unspecified atom stereocenters. The summed E-state index contributed by atoms with van der Waals surface area (Å²) in [4.78, 5) is -0.627. The van der Waals surface area contributed by atoms with Crippen LogP contribution in [0.15, 0.2) is 103 Å².